The minimum atomic E-state index is -0.458. The molecule has 2 aromatic carbocycles. The molecule has 1 N–H and O–H groups in total. The number of esters is 1. The first-order valence-corrected chi connectivity index (χ1v) is 9.72. The molecule has 0 atom stereocenters. The van der Waals surface area contributed by atoms with E-state index in [0.717, 1.165) is 16.7 Å². The minimum absolute atomic E-state index is 0.255. The highest BCUT2D eigenvalue weighted by Crippen LogP contribution is 2.36. The van der Waals surface area contributed by atoms with Gasteiger partial charge in [0, 0.05) is 16.5 Å². The number of rotatable bonds is 6. The zero-order valence-electron chi connectivity index (χ0n) is 15.9. The van der Waals surface area contributed by atoms with Crippen LogP contribution in [0.4, 0.5) is 5.00 Å². The molecule has 0 spiro atoms. The largest absolute Gasteiger partial charge is 0.497 e. The number of hydrogen-bond acceptors (Lipinski definition) is 5. The standard InChI is InChI=1S/C22H21NO4S/c1-4-27-22(25)19-18(15-10-8-14(2)9-11-15)13-28-21(19)23-20(24)16-6-5-7-17(12-16)26-3/h5-13H,4H2,1-3H3,(H,23,24). The van der Waals surface area contributed by atoms with Crippen molar-refractivity contribution in [3.63, 3.8) is 0 Å². The molecule has 3 aromatic rings. The maximum atomic E-state index is 12.7. The van der Waals surface area contributed by atoms with Crippen LogP contribution >= 0.6 is 11.3 Å². The molecule has 0 unspecified atom stereocenters. The molecule has 0 aliphatic carbocycles. The smallest absolute Gasteiger partial charge is 0.341 e. The third-order valence-corrected chi connectivity index (χ3v) is 5.09. The Morgan fingerprint density at radius 3 is 2.54 bits per heavy atom. The van der Waals surface area contributed by atoms with Crippen molar-refractivity contribution in [3.05, 3.63) is 70.6 Å². The molecular formula is C22H21NO4S. The Hall–Kier alpha value is -3.12. The van der Waals surface area contributed by atoms with E-state index in [2.05, 4.69) is 5.32 Å². The highest BCUT2D eigenvalue weighted by Gasteiger charge is 2.23. The van der Waals surface area contributed by atoms with E-state index < -0.39 is 5.97 Å². The fourth-order valence-electron chi connectivity index (χ4n) is 2.74. The molecule has 0 fully saturated rings. The van der Waals surface area contributed by atoms with Crippen molar-refractivity contribution in [1.82, 2.24) is 0 Å². The Balaban J connectivity index is 1.97. The van der Waals surface area contributed by atoms with Gasteiger partial charge in [-0.2, -0.15) is 0 Å². The monoisotopic (exact) mass is 395 g/mol. The number of amides is 1. The molecule has 1 aromatic heterocycles. The molecule has 0 aliphatic rings. The lowest BCUT2D eigenvalue weighted by atomic mass is 10.0. The maximum Gasteiger partial charge on any atom is 0.341 e. The quantitative estimate of drug-likeness (QED) is 0.586. The van der Waals surface area contributed by atoms with Crippen LogP contribution in [0.1, 0.15) is 33.2 Å². The van der Waals surface area contributed by atoms with E-state index in [4.69, 9.17) is 9.47 Å². The van der Waals surface area contributed by atoms with Crippen LogP contribution in [0.15, 0.2) is 53.9 Å². The summed E-state index contributed by atoms with van der Waals surface area (Å²) >= 11 is 1.30. The molecule has 0 aliphatic heterocycles. The fraction of sp³-hybridized carbons (Fsp3) is 0.182. The Labute approximate surface area is 167 Å². The van der Waals surface area contributed by atoms with Crippen molar-refractivity contribution in [2.45, 2.75) is 13.8 Å². The third-order valence-electron chi connectivity index (χ3n) is 4.19. The van der Waals surface area contributed by atoms with Crippen molar-refractivity contribution in [2.24, 2.45) is 0 Å². The highest BCUT2D eigenvalue weighted by molar-refractivity contribution is 7.15. The van der Waals surface area contributed by atoms with Gasteiger partial charge in [-0.05, 0) is 37.6 Å². The summed E-state index contributed by atoms with van der Waals surface area (Å²) in [4.78, 5) is 25.3. The van der Waals surface area contributed by atoms with Gasteiger partial charge < -0.3 is 14.8 Å². The molecule has 0 radical (unpaired) electrons. The van der Waals surface area contributed by atoms with Crippen molar-refractivity contribution in [1.29, 1.82) is 0 Å². The van der Waals surface area contributed by atoms with Gasteiger partial charge in [0.25, 0.3) is 5.91 Å². The van der Waals surface area contributed by atoms with E-state index >= 15 is 0 Å². The van der Waals surface area contributed by atoms with E-state index in [0.29, 0.717) is 21.9 Å². The molecular weight excluding hydrogens is 374 g/mol. The van der Waals surface area contributed by atoms with Gasteiger partial charge in [-0.15, -0.1) is 11.3 Å². The Morgan fingerprint density at radius 2 is 1.86 bits per heavy atom. The highest BCUT2D eigenvalue weighted by atomic mass is 32.1. The SMILES string of the molecule is CCOC(=O)c1c(-c2ccc(C)cc2)csc1NC(=O)c1cccc(OC)c1. The van der Waals surface area contributed by atoms with Crippen LogP contribution in [-0.2, 0) is 4.74 Å². The molecule has 1 heterocycles. The number of carbonyl (C=O) groups excluding carboxylic acids is 2. The number of carbonyl (C=O) groups is 2. The molecule has 3 rings (SSSR count). The number of nitrogens with one attached hydrogen (secondary N) is 1. The lowest BCUT2D eigenvalue weighted by molar-refractivity contribution is 0.0529. The second kappa shape index (κ2) is 8.71. The zero-order valence-corrected chi connectivity index (χ0v) is 16.8. The summed E-state index contributed by atoms with van der Waals surface area (Å²) in [6.07, 6.45) is 0. The Kier molecular flexibility index (Phi) is 6.11. The predicted molar refractivity (Wildman–Crippen MR) is 111 cm³/mol. The number of anilines is 1. The van der Waals surface area contributed by atoms with Crippen LogP contribution in [0.3, 0.4) is 0 Å². The first kappa shape index (κ1) is 19.6. The van der Waals surface area contributed by atoms with Crippen molar-refractivity contribution >= 4 is 28.2 Å². The normalized spacial score (nSPS) is 10.4. The van der Waals surface area contributed by atoms with Crippen LogP contribution < -0.4 is 10.1 Å². The predicted octanol–water partition coefficient (Wildman–Crippen LogP) is 5.16. The van der Waals surface area contributed by atoms with Crippen LogP contribution in [0.25, 0.3) is 11.1 Å². The molecule has 28 heavy (non-hydrogen) atoms. The summed E-state index contributed by atoms with van der Waals surface area (Å²) < 4.78 is 10.4. The van der Waals surface area contributed by atoms with Gasteiger partial charge in [-0.3, -0.25) is 4.79 Å². The van der Waals surface area contributed by atoms with Crippen LogP contribution in [0, 0.1) is 6.92 Å². The Bertz CT molecular complexity index is 992. The summed E-state index contributed by atoms with van der Waals surface area (Å²) in [6, 6.07) is 14.7. The van der Waals surface area contributed by atoms with E-state index in [1.165, 1.54) is 11.3 Å². The van der Waals surface area contributed by atoms with E-state index in [9.17, 15) is 9.59 Å². The zero-order chi connectivity index (χ0) is 20.1. The summed E-state index contributed by atoms with van der Waals surface area (Å²) in [5.74, 6) is -0.188. The first-order valence-electron chi connectivity index (χ1n) is 8.84. The number of methoxy groups -OCH3 is 1. The molecule has 5 nitrogen and oxygen atoms in total. The van der Waals surface area contributed by atoms with Crippen molar-refractivity contribution in [3.8, 4) is 16.9 Å². The maximum absolute atomic E-state index is 12.7. The summed E-state index contributed by atoms with van der Waals surface area (Å²) in [6.45, 7) is 4.01. The van der Waals surface area contributed by atoms with Gasteiger partial charge in [0.15, 0.2) is 0 Å². The summed E-state index contributed by atoms with van der Waals surface area (Å²) in [5.41, 5.74) is 3.57. The van der Waals surface area contributed by atoms with Crippen LogP contribution in [0.5, 0.6) is 5.75 Å². The number of aryl methyl sites for hydroxylation is 1. The molecule has 0 saturated carbocycles. The lowest BCUT2D eigenvalue weighted by Crippen LogP contribution is -2.14. The van der Waals surface area contributed by atoms with Crippen LogP contribution in [0.2, 0.25) is 0 Å². The number of ether oxygens (including phenoxy) is 2. The van der Waals surface area contributed by atoms with Gasteiger partial charge in [-0.1, -0.05) is 35.9 Å². The average molecular weight is 395 g/mol. The Morgan fingerprint density at radius 1 is 1.11 bits per heavy atom. The van der Waals surface area contributed by atoms with Gasteiger partial charge in [0.2, 0.25) is 0 Å². The van der Waals surface area contributed by atoms with Crippen LogP contribution in [-0.4, -0.2) is 25.6 Å². The topological polar surface area (TPSA) is 64.6 Å². The molecule has 0 saturated heterocycles. The minimum Gasteiger partial charge on any atom is -0.497 e. The third kappa shape index (κ3) is 4.23. The molecule has 6 heteroatoms. The van der Waals surface area contributed by atoms with Crippen molar-refractivity contribution in [2.75, 3.05) is 19.0 Å². The van der Waals surface area contributed by atoms with E-state index in [1.807, 2.05) is 36.6 Å². The van der Waals surface area contributed by atoms with Crippen molar-refractivity contribution < 1.29 is 19.1 Å². The van der Waals surface area contributed by atoms with Gasteiger partial charge in [0.05, 0.1) is 13.7 Å². The fourth-order valence-corrected chi connectivity index (χ4v) is 3.69. The summed E-state index contributed by atoms with van der Waals surface area (Å²) in [7, 11) is 1.54. The van der Waals surface area contributed by atoms with Gasteiger partial charge >= 0.3 is 5.97 Å². The van der Waals surface area contributed by atoms with E-state index in [-0.39, 0.29) is 12.5 Å². The summed E-state index contributed by atoms with van der Waals surface area (Å²) in [5, 5.41) is 5.16. The van der Waals surface area contributed by atoms with E-state index in [1.54, 1.807) is 38.3 Å². The van der Waals surface area contributed by atoms with Gasteiger partial charge in [0.1, 0.15) is 16.3 Å². The average Bonchev–Trinajstić information content (AvgIpc) is 3.12. The first-order chi connectivity index (χ1) is 13.5. The molecule has 1 amide bonds. The van der Waals surface area contributed by atoms with Gasteiger partial charge in [-0.25, -0.2) is 4.79 Å². The molecule has 144 valence electrons. The second-order valence-electron chi connectivity index (χ2n) is 6.13. The lowest BCUT2D eigenvalue weighted by Gasteiger charge is -2.09. The number of hydrogen-bond donors (Lipinski definition) is 1. The number of thiophene rings is 1. The molecule has 0 bridgehead atoms. The second-order valence-corrected chi connectivity index (χ2v) is 7.01. The number of benzene rings is 2.